The number of nitrogens with one attached hydrogen (secondary N) is 2. The van der Waals surface area contributed by atoms with Crippen LogP contribution in [-0.2, 0) is 0 Å². The molecule has 0 spiro atoms. The van der Waals surface area contributed by atoms with E-state index in [0.717, 1.165) is 25.2 Å². The molecule has 0 bridgehead atoms. The molecule has 0 aliphatic heterocycles. The molecule has 5 nitrogen and oxygen atoms in total. The number of carbonyl (C=O) groups excluding carboxylic acids is 1. The van der Waals surface area contributed by atoms with Crippen molar-refractivity contribution in [3.05, 3.63) is 29.7 Å². The van der Waals surface area contributed by atoms with E-state index in [1.807, 2.05) is 19.1 Å². The Balaban J connectivity index is 0.00000200. The molecule has 7 heteroatoms. The predicted octanol–water partition coefficient (Wildman–Crippen LogP) is 2.71. The molecule has 2 rings (SSSR count). The van der Waals surface area contributed by atoms with Crippen molar-refractivity contribution in [3.63, 3.8) is 0 Å². The van der Waals surface area contributed by atoms with E-state index in [-0.39, 0.29) is 30.7 Å². The standard InChI is InChI=1S/C14H19N3O2.2ClH/c1-3-6-15-7-8-16-14(18)13-9-11-12(19-13)5-4-10(2)17-11;;/h4-5,9,15H,3,6-8H2,1-2H3,(H,16,18);2*1H. The van der Waals surface area contributed by atoms with Crippen LogP contribution in [0.25, 0.3) is 11.1 Å². The fourth-order valence-corrected chi connectivity index (χ4v) is 1.79. The molecule has 0 saturated carbocycles. The van der Waals surface area contributed by atoms with Crippen molar-refractivity contribution in [1.82, 2.24) is 15.6 Å². The van der Waals surface area contributed by atoms with Crippen LogP contribution in [0.1, 0.15) is 29.6 Å². The van der Waals surface area contributed by atoms with E-state index < -0.39 is 0 Å². The molecule has 118 valence electrons. The first-order valence-electron chi connectivity index (χ1n) is 6.57. The van der Waals surface area contributed by atoms with Crippen molar-refractivity contribution < 1.29 is 9.21 Å². The molecular formula is C14H21Cl2N3O2. The first kappa shape index (κ1) is 19.7. The van der Waals surface area contributed by atoms with Gasteiger partial charge in [-0.05, 0) is 32.0 Å². The second kappa shape index (κ2) is 9.60. The number of carbonyl (C=O) groups is 1. The molecule has 0 aliphatic carbocycles. The molecule has 2 aromatic rings. The normalized spacial score (nSPS) is 9.81. The van der Waals surface area contributed by atoms with Gasteiger partial charge in [-0.2, -0.15) is 0 Å². The van der Waals surface area contributed by atoms with Crippen LogP contribution in [-0.4, -0.2) is 30.5 Å². The Hall–Kier alpha value is -1.30. The number of nitrogens with zero attached hydrogens (tertiary/aromatic N) is 1. The molecule has 0 atom stereocenters. The first-order valence-corrected chi connectivity index (χ1v) is 6.57. The number of fused-ring (bicyclic) bond motifs is 1. The fourth-order valence-electron chi connectivity index (χ4n) is 1.79. The maximum Gasteiger partial charge on any atom is 0.287 e. The van der Waals surface area contributed by atoms with Gasteiger partial charge in [0.2, 0.25) is 0 Å². The Labute approximate surface area is 136 Å². The van der Waals surface area contributed by atoms with Gasteiger partial charge in [0.15, 0.2) is 11.3 Å². The quantitative estimate of drug-likeness (QED) is 0.797. The Kier molecular flexibility index (Phi) is 9.01. The summed E-state index contributed by atoms with van der Waals surface area (Å²) >= 11 is 0. The van der Waals surface area contributed by atoms with Gasteiger partial charge in [0, 0.05) is 24.8 Å². The molecule has 0 aliphatic rings. The summed E-state index contributed by atoms with van der Waals surface area (Å²) in [4.78, 5) is 16.2. The zero-order valence-electron chi connectivity index (χ0n) is 12.1. The van der Waals surface area contributed by atoms with Crippen LogP contribution in [0.15, 0.2) is 22.6 Å². The minimum absolute atomic E-state index is 0. The summed E-state index contributed by atoms with van der Waals surface area (Å²) in [6.07, 6.45) is 1.09. The molecule has 0 aromatic carbocycles. The number of hydrogen-bond acceptors (Lipinski definition) is 4. The number of aromatic nitrogens is 1. The van der Waals surface area contributed by atoms with Crippen LogP contribution < -0.4 is 10.6 Å². The lowest BCUT2D eigenvalue weighted by molar-refractivity contribution is 0.0928. The van der Waals surface area contributed by atoms with Gasteiger partial charge in [-0.1, -0.05) is 6.92 Å². The minimum Gasteiger partial charge on any atom is -0.449 e. The van der Waals surface area contributed by atoms with Crippen LogP contribution >= 0.6 is 24.8 Å². The van der Waals surface area contributed by atoms with E-state index in [1.54, 1.807) is 6.07 Å². The van der Waals surface area contributed by atoms with Crippen LogP contribution in [0.2, 0.25) is 0 Å². The maximum atomic E-state index is 11.9. The third-order valence-electron chi connectivity index (χ3n) is 2.75. The largest absolute Gasteiger partial charge is 0.449 e. The average Bonchev–Trinajstić information content (AvgIpc) is 2.81. The number of aryl methyl sites for hydroxylation is 1. The van der Waals surface area contributed by atoms with Gasteiger partial charge < -0.3 is 15.1 Å². The van der Waals surface area contributed by atoms with Crippen molar-refractivity contribution in [1.29, 1.82) is 0 Å². The number of rotatable bonds is 6. The first-order chi connectivity index (χ1) is 9.20. The van der Waals surface area contributed by atoms with Crippen molar-refractivity contribution in [3.8, 4) is 0 Å². The van der Waals surface area contributed by atoms with Crippen LogP contribution in [0, 0.1) is 6.92 Å². The minimum atomic E-state index is -0.200. The molecule has 0 unspecified atom stereocenters. The van der Waals surface area contributed by atoms with E-state index >= 15 is 0 Å². The number of pyridine rings is 1. The Morgan fingerprint density at radius 3 is 2.71 bits per heavy atom. The van der Waals surface area contributed by atoms with Crippen LogP contribution in [0.3, 0.4) is 0 Å². The van der Waals surface area contributed by atoms with Gasteiger partial charge in [-0.3, -0.25) is 4.79 Å². The van der Waals surface area contributed by atoms with Crippen molar-refractivity contribution in [2.24, 2.45) is 0 Å². The molecule has 21 heavy (non-hydrogen) atoms. The van der Waals surface area contributed by atoms with Gasteiger partial charge in [0.05, 0.1) is 0 Å². The van der Waals surface area contributed by atoms with Crippen LogP contribution in [0.4, 0.5) is 0 Å². The number of furan rings is 1. The summed E-state index contributed by atoms with van der Waals surface area (Å²) in [7, 11) is 0. The molecule has 2 N–H and O–H groups in total. The van der Waals surface area contributed by atoms with Gasteiger partial charge in [-0.15, -0.1) is 24.8 Å². The van der Waals surface area contributed by atoms with Crippen LogP contribution in [0.5, 0.6) is 0 Å². The highest BCUT2D eigenvalue weighted by Crippen LogP contribution is 2.17. The summed E-state index contributed by atoms with van der Waals surface area (Å²) < 4.78 is 5.47. The average molecular weight is 334 g/mol. The highest BCUT2D eigenvalue weighted by molar-refractivity contribution is 5.95. The summed E-state index contributed by atoms with van der Waals surface area (Å²) in [5.74, 6) is 0.109. The number of amides is 1. The van der Waals surface area contributed by atoms with Gasteiger partial charge in [-0.25, -0.2) is 4.98 Å². The lowest BCUT2D eigenvalue weighted by Crippen LogP contribution is -2.31. The Morgan fingerprint density at radius 1 is 1.24 bits per heavy atom. The Morgan fingerprint density at radius 2 is 2.00 bits per heavy atom. The number of halogens is 2. The van der Waals surface area contributed by atoms with E-state index in [2.05, 4.69) is 22.5 Å². The summed E-state index contributed by atoms with van der Waals surface area (Å²) in [5.41, 5.74) is 2.26. The fraction of sp³-hybridized carbons (Fsp3) is 0.429. The molecule has 2 aromatic heterocycles. The van der Waals surface area contributed by atoms with E-state index in [0.29, 0.717) is 23.4 Å². The van der Waals surface area contributed by atoms with E-state index in [1.165, 1.54) is 0 Å². The lowest BCUT2D eigenvalue weighted by atomic mass is 10.3. The molecule has 2 heterocycles. The lowest BCUT2D eigenvalue weighted by Gasteiger charge is -2.03. The van der Waals surface area contributed by atoms with Gasteiger partial charge >= 0.3 is 0 Å². The third kappa shape index (κ3) is 5.53. The zero-order chi connectivity index (χ0) is 13.7. The molecule has 0 saturated heterocycles. The molecule has 0 fully saturated rings. The number of hydrogen-bond donors (Lipinski definition) is 2. The van der Waals surface area contributed by atoms with Gasteiger partial charge in [0.1, 0.15) is 5.52 Å². The summed E-state index contributed by atoms with van der Waals surface area (Å²) in [6.45, 7) is 6.32. The summed E-state index contributed by atoms with van der Waals surface area (Å²) in [5, 5.41) is 6.03. The second-order valence-electron chi connectivity index (χ2n) is 4.45. The highest BCUT2D eigenvalue weighted by atomic mass is 35.5. The zero-order valence-corrected chi connectivity index (χ0v) is 13.8. The SMILES string of the molecule is CCCNCCNC(=O)c1cc2nc(C)ccc2o1.Cl.Cl. The van der Waals surface area contributed by atoms with E-state index in [9.17, 15) is 4.79 Å². The molecule has 1 amide bonds. The van der Waals surface area contributed by atoms with Crippen molar-refractivity contribution in [2.75, 3.05) is 19.6 Å². The maximum absolute atomic E-state index is 11.9. The second-order valence-corrected chi connectivity index (χ2v) is 4.45. The van der Waals surface area contributed by atoms with Crippen molar-refractivity contribution in [2.45, 2.75) is 20.3 Å². The third-order valence-corrected chi connectivity index (χ3v) is 2.75. The highest BCUT2D eigenvalue weighted by Gasteiger charge is 2.12. The van der Waals surface area contributed by atoms with E-state index in [4.69, 9.17) is 4.42 Å². The van der Waals surface area contributed by atoms with Gasteiger partial charge in [0.25, 0.3) is 5.91 Å². The monoisotopic (exact) mass is 333 g/mol. The predicted molar refractivity (Wildman–Crippen MR) is 88.7 cm³/mol. The topological polar surface area (TPSA) is 67.2 Å². The molecule has 0 radical (unpaired) electrons. The summed E-state index contributed by atoms with van der Waals surface area (Å²) in [6, 6.07) is 5.37. The Bertz CT molecular complexity index is 572. The van der Waals surface area contributed by atoms with Crippen molar-refractivity contribution >= 4 is 41.8 Å². The smallest absolute Gasteiger partial charge is 0.287 e. The molecular weight excluding hydrogens is 313 g/mol.